The highest BCUT2D eigenvalue weighted by Gasteiger charge is 2.36. The average Bonchev–Trinajstić information content (AvgIpc) is 2.77. The second-order valence-corrected chi connectivity index (χ2v) is 5.61. The smallest absolute Gasteiger partial charge is 0.236 e. The first-order chi connectivity index (χ1) is 8.27. The lowest BCUT2D eigenvalue weighted by molar-refractivity contribution is -0.135. The maximum absolute atomic E-state index is 12.1. The van der Waals surface area contributed by atoms with Gasteiger partial charge in [-0.2, -0.15) is 0 Å². The minimum atomic E-state index is -0.0241. The molecule has 3 nitrogen and oxygen atoms in total. The van der Waals surface area contributed by atoms with Crippen LogP contribution in [0.2, 0.25) is 0 Å². The molecule has 1 amide bonds. The van der Waals surface area contributed by atoms with Crippen LogP contribution in [0.5, 0.6) is 5.75 Å². The molecule has 0 aliphatic carbocycles. The van der Waals surface area contributed by atoms with Crippen molar-refractivity contribution in [2.45, 2.75) is 23.7 Å². The van der Waals surface area contributed by atoms with Crippen molar-refractivity contribution in [2.75, 3.05) is 13.2 Å². The molecule has 1 saturated heterocycles. The molecule has 2 aliphatic rings. The number of halogens is 1. The van der Waals surface area contributed by atoms with Crippen LogP contribution in [-0.2, 0) is 4.79 Å². The van der Waals surface area contributed by atoms with E-state index >= 15 is 0 Å². The number of carbonyl (C=O) groups is 1. The van der Waals surface area contributed by atoms with Gasteiger partial charge < -0.3 is 9.64 Å². The van der Waals surface area contributed by atoms with Gasteiger partial charge in [-0.25, -0.2) is 0 Å². The Morgan fingerprint density at radius 3 is 3.06 bits per heavy atom. The van der Waals surface area contributed by atoms with Gasteiger partial charge in [0.1, 0.15) is 12.4 Å². The summed E-state index contributed by atoms with van der Waals surface area (Å²) >= 11 is 3.45. The highest BCUT2D eigenvalue weighted by Crippen LogP contribution is 2.37. The van der Waals surface area contributed by atoms with E-state index in [1.54, 1.807) is 0 Å². The van der Waals surface area contributed by atoms with Crippen molar-refractivity contribution in [3.8, 4) is 5.75 Å². The fourth-order valence-corrected chi connectivity index (χ4v) is 3.15. The number of piperidine rings is 1. The Bertz CT molecular complexity index is 449. The first-order valence-corrected chi connectivity index (χ1v) is 6.85. The second kappa shape index (κ2) is 4.33. The van der Waals surface area contributed by atoms with Crippen LogP contribution in [0, 0.1) is 0 Å². The Morgan fingerprint density at radius 1 is 1.35 bits per heavy atom. The number of fused-ring (bicyclic) bond motifs is 1. The van der Waals surface area contributed by atoms with E-state index in [1.165, 1.54) is 0 Å². The van der Waals surface area contributed by atoms with Gasteiger partial charge in [-0.05, 0) is 18.9 Å². The monoisotopic (exact) mass is 295 g/mol. The average molecular weight is 296 g/mol. The van der Waals surface area contributed by atoms with Crippen LogP contribution in [0.15, 0.2) is 24.3 Å². The maximum Gasteiger partial charge on any atom is 0.236 e. The Balaban J connectivity index is 1.89. The number of amides is 1. The summed E-state index contributed by atoms with van der Waals surface area (Å²) in [5, 5.41) is 0. The van der Waals surface area contributed by atoms with Gasteiger partial charge in [-0.15, -0.1) is 0 Å². The maximum atomic E-state index is 12.1. The Hall–Kier alpha value is -1.03. The normalized spacial score (nSPS) is 27.8. The largest absolute Gasteiger partial charge is 0.491 e. The highest BCUT2D eigenvalue weighted by molar-refractivity contribution is 9.10. The molecule has 90 valence electrons. The van der Waals surface area contributed by atoms with Crippen LogP contribution in [-0.4, -0.2) is 28.8 Å². The van der Waals surface area contributed by atoms with Crippen molar-refractivity contribution in [1.82, 2.24) is 4.90 Å². The molecule has 2 atom stereocenters. The van der Waals surface area contributed by atoms with Gasteiger partial charge in [0.25, 0.3) is 0 Å². The van der Waals surface area contributed by atoms with E-state index in [1.807, 2.05) is 23.1 Å². The zero-order valence-electron chi connectivity index (χ0n) is 9.43. The lowest BCUT2D eigenvalue weighted by Crippen LogP contribution is -2.44. The van der Waals surface area contributed by atoms with E-state index < -0.39 is 0 Å². The van der Waals surface area contributed by atoms with Crippen molar-refractivity contribution in [2.24, 2.45) is 0 Å². The summed E-state index contributed by atoms with van der Waals surface area (Å²) in [7, 11) is 0. The van der Waals surface area contributed by atoms with Crippen molar-refractivity contribution in [3.05, 3.63) is 29.8 Å². The summed E-state index contributed by atoms with van der Waals surface area (Å²) < 4.78 is 5.64. The molecule has 0 spiro atoms. The number of hydrogen-bond acceptors (Lipinski definition) is 2. The summed E-state index contributed by atoms with van der Waals surface area (Å²) in [4.78, 5) is 14.1. The molecule has 0 saturated carbocycles. The Kier molecular flexibility index (Phi) is 2.82. The SMILES string of the molecule is O=C1C(Br)CCCN1C1COc2ccccc21. The lowest BCUT2D eigenvalue weighted by atomic mass is 10.0. The second-order valence-electron chi connectivity index (χ2n) is 4.51. The third-order valence-corrected chi connectivity index (χ3v) is 4.31. The van der Waals surface area contributed by atoms with Crippen molar-refractivity contribution < 1.29 is 9.53 Å². The molecule has 0 aromatic heterocycles. The predicted octanol–water partition coefficient (Wildman–Crippen LogP) is 2.51. The van der Waals surface area contributed by atoms with Crippen LogP contribution in [0.3, 0.4) is 0 Å². The van der Waals surface area contributed by atoms with E-state index in [0.717, 1.165) is 30.7 Å². The molecule has 1 aromatic rings. The molecule has 2 aliphatic heterocycles. The minimum absolute atomic E-state index is 0.0241. The number of carbonyl (C=O) groups excluding carboxylic acids is 1. The topological polar surface area (TPSA) is 29.5 Å². The van der Waals surface area contributed by atoms with Crippen LogP contribution in [0.25, 0.3) is 0 Å². The Labute approximate surface area is 109 Å². The van der Waals surface area contributed by atoms with E-state index in [4.69, 9.17) is 4.74 Å². The summed E-state index contributed by atoms with van der Waals surface area (Å²) in [6.45, 7) is 1.42. The number of ether oxygens (including phenoxy) is 1. The zero-order chi connectivity index (χ0) is 11.8. The summed E-state index contributed by atoms with van der Waals surface area (Å²) in [6.07, 6.45) is 1.99. The van der Waals surface area contributed by atoms with Crippen LogP contribution in [0.1, 0.15) is 24.4 Å². The molecule has 0 N–H and O–H groups in total. The van der Waals surface area contributed by atoms with E-state index in [9.17, 15) is 4.79 Å². The van der Waals surface area contributed by atoms with Gasteiger partial charge in [0.15, 0.2) is 0 Å². The molecular formula is C13H14BrNO2. The molecule has 3 rings (SSSR count). The van der Waals surface area contributed by atoms with Gasteiger partial charge in [-0.1, -0.05) is 34.1 Å². The van der Waals surface area contributed by atoms with E-state index in [-0.39, 0.29) is 16.8 Å². The standard InChI is InChI=1S/C13H14BrNO2/c14-10-5-3-7-15(13(10)16)11-8-17-12-6-2-1-4-9(11)12/h1-2,4,6,10-11H,3,5,7-8H2. The summed E-state index contributed by atoms with van der Waals surface area (Å²) in [5.41, 5.74) is 1.14. The molecule has 2 heterocycles. The van der Waals surface area contributed by atoms with Crippen molar-refractivity contribution >= 4 is 21.8 Å². The van der Waals surface area contributed by atoms with E-state index in [0.29, 0.717) is 6.61 Å². The fraction of sp³-hybridized carbons (Fsp3) is 0.462. The summed E-state index contributed by atoms with van der Waals surface area (Å²) in [6, 6.07) is 8.08. The third kappa shape index (κ3) is 1.84. The molecule has 2 unspecified atom stereocenters. The molecule has 0 radical (unpaired) electrons. The summed E-state index contributed by atoms with van der Waals surface area (Å²) in [5.74, 6) is 1.11. The molecule has 1 aromatic carbocycles. The van der Waals surface area contributed by atoms with Crippen molar-refractivity contribution in [3.63, 3.8) is 0 Å². The van der Waals surface area contributed by atoms with Crippen molar-refractivity contribution in [1.29, 1.82) is 0 Å². The number of rotatable bonds is 1. The van der Waals surface area contributed by atoms with Gasteiger partial charge >= 0.3 is 0 Å². The molecule has 1 fully saturated rings. The number of nitrogens with zero attached hydrogens (tertiary/aromatic N) is 1. The van der Waals surface area contributed by atoms with Gasteiger partial charge in [0.2, 0.25) is 5.91 Å². The number of likely N-dealkylation sites (tertiary alicyclic amines) is 1. The highest BCUT2D eigenvalue weighted by atomic mass is 79.9. The third-order valence-electron chi connectivity index (χ3n) is 3.46. The van der Waals surface area contributed by atoms with Crippen LogP contribution < -0.4 is 4.74 Å². The Morgan fingerprint density at radius 2 is 2.18 bits per heavy atom. The zero-order valence-corrected chi connectivity index (χ0v) is 11.0. The first-order valence-electron chi connectivity index (χ1n) is 5.93. The molecular weight excluding hydrogens is 282 g/mol. The fourth-order valence-electron chi connectivity index (χ4n) is 2.57. The number of hydrogen-bond donors (Lipinski definition) is 0. The molecule has 4 heteroatoms. The predicted molar refractivity (Wildman–Crippen MR) is 68.3 cm³/mol. The molecule has 17 heavy (non-hydrogen) atoms. The van der Waals surface area contributed by atoms with Gasteiger partial charge in [0.05, 0.1) is 10.9 Å². The quantitative estimate of drug-likeness (QED) is 0.745. The molecule has 0 bridgehead atoms. The van der Waals surface area contributed by atoms with Gasteiger partial charge in [0, 0.05) is 12.1 Å². The van der Waals surface area contributed by atoms with Crippen LogP contribution >= 0.6 is 15.9 Å². The van der Waals surface area contributed by atoms with Gasteiger partial charge in [-0.3, -0.25) is 4.79 Å². The first kappa shape index (κ1) is 11.1. The minimum Gasteiger partial charge on any atom is -0.491 e. The lowest BCUT2D eigenvalue weighted by Gasteiger charge is -2.34. The number of alkyl halides is 1. The van der Waals surface area contributed by atoms with Crippen LogP contribution in [0.4, 0.5) is 0 Å². The number of benzene rings is 1. The number of para-hydroxylation sites is 1. The van der Waals surface area contributed by atoms with E-state index in [2.05, 4.69) is 22.0 Å².